The zero-order valence-electron chi connectivity index (χ0n) is 8.80. The smallest absolute Gasteiger partial charge is 0.303 e. The Morgan fingerprint density at radius 1 is 1.27 bits per heavy atom. The summed E-state index contributed by atoms with van der Waals surface area (Å²) in [7, 11) is 0. The zero-order chi connectivity index (χ0) is 10.7. The van der Waals surface area contributed by atoms with Crippen molar-refractivity contribution >= 4 is 5.97 Å². The van der Waals surface area contributed by atoms with E-state index in [0.717, 1.165) is 12.8 Å². The molecule has 1 aromatic heterocycles. The van der Waals surface area contributed by atoms with Crippen molar-refractivity contribution in [3.05, 3.63) is 24.5 Å². The van der Waals surface area contributed by atoms with Gasteiger partial charge in [-0.05, 0) is 30.9 Å². The second-order valence-corrected chi connectivity index (χ2v) is 4.34. The van der Waals surface area contributed by atoms with Crippen LogP contribution in [0, 0.1) is 5.92 Å². The second-order valence-electron chi connectivity index (χ2n) is 4.34. The summed E-state index contributed by atoms with van der Waals surface area (Å²) in [5.74, 6) is -0.359. The Kier molecular flexibility index (Phi) is 3.09. The molecule has 2 rings (SSSR count). The highest BCUT2D eigenvalue weighted by Crippen LogP contribution is 2.35. The van der Waals surface area contributed by atoms with Crippen LogP contribution in [-0.2, 0) is 4.79 Å². The normalized spacial score (nSPS) is 26.4. The van der Waals surface area contributed by atoms with Gasteiger partial charge >= 0.3 is 5.97 Å². The van der Waals surface area contributed by atoms with Gasteiger partial charge in [0.05, 0.1) is 6.42 Å². The largest absolute Gasteiger partial charge is 0.481 e. The van der Waals surface area contributed by atoms with E-state index in [1.165, 1.54) is 12.8 Å². The first-order valence-corrected chi connectivity index (χ1v) is 5.61. The van der Waals surface area contributed by atoms with Crippen molar-refractivity contribution in [1.29, 1.82) is 0 Å². The molecule has 1 saturated carbocycles. The Hall–Kier alpha value is -1.25. The van der Waals surface area contributed by atoms with Gasteiger partial charge in [-0.15, -0.1) is 0 Å². The van der Waals surface area contributed by atoms with E-state index < -0.39 is 5.97 Å². The Morgan fingerprint density at radius 3 is 2.60 bits per heavy atom. The standard InChI is InChI=1S/C12H17NO2/c14-12(15)9-10-5-1-2-6-11(10)13-7-3-4-8-13/h3-4,7-8,10-11H,1-2,5-6,9H2,(H,14,15). The van der Waals surface area contributed by atoms with Crippen molar-refractivity contribution in [3.63, 3.8) is 0 Å². The first-order valence-electron chi connectivity index (χ1n) is 5.61. The highest BCUT2D eigenvalue weighted by Gasteiger charge is 2.27. The molecule has 0 saturated heterocycles. The minimum Gasteiger partial charge on any atom is -0.481 e. The van der Waals surface area contributed by atoms with Crippen LogP contribution in [0.3, 0.4) is 0 Å². The predicted octanol–water partition coefficient (Wildman–Crippen LogP) is 2.69. The van der Waals surface area contributed by atoms with Gasteiger partial charge in [0, 0.05) is 18.4 Å². The average Bonchev–Trinajstić information content (AvgIpc) is 2.70. The third-order valence-electron chi connectivity index (χ3n) is 3.32. The maximum Gasteiger partial charge on any atom is 0.303 e. The maximum atomic E-state index is 10.8. The highest BCUT2D eigenvalue weighted by molar-refractivity contribution is 5.67. The molecule has 0 amide bonds. The van der Waals surface area contributed by atoms with Crippen LogP contribution in [-0.4, -0.2) is 15.6 Å². The lowest BCUT2D eigenvalue weighted by molar-refractivity contribution is -0.138. The molecule has 1 aliphatic rings. The topological polar surface area (TPSA) is 42.2 Å². The molecule has 0 aromatic carbocycles. The fourth-order valence-electron chi connectivity index (χ4n) is 2.61. The minimum absolute atomic E-state index is 0.308. The average molecular weight is 207 g/mol. The van der Waals surface area contributed by atoms with E-state index >= 15 is 0 Å². The SMILES string of the molecule is O=C(O)CC1CCCCC1n1cccc1. The van der Waals surface area contributed by atoms with Gasteiger partial charge in [-0.3, -0.25) is 4.79 Å². The molecule has 2 atom stereocenters. The van der Waals surface area contributed by atoms with Crippen molar-refractivity contribution in [2.75, 3.05) is 0 Å². The van der Waals surface area contributed by atoms with E-state index in [9.17, 15) is 4.79 Å². The summed E-state index contributed by atoms with van der Waals surface area (Å²) in [6, 6.07) is 4.41. The summed E-state index contributed by atoms with van der Waals surface area (Å²) in [5, 5.41) is 8.87. The van der Waals surface area contributed by atoms with E-state index in [0.29, 0.717) is 18.4 Å². The molecule has 1 heterocycles. The monoisotopic (exact) mass is 207 g/mol. The zero-order valence-corrected chi connectivity index (χ0v) is 8.80. The summed E-state index contributed by atoms with van der Waals surface area (Å²) in [6.45, 7) is 0. The van der Waals surface area contributed by atoms with Gasteiger partial charge in [-0.1, -0.05) is 12.8 Å². The lowest BCUT2D eigenvalue weighted by atomic mass is 9.82. The van der Waals surface area contributed by atoms with Crippen LogP contribution < -0.4 is 0 Å². The fraction of sp³-hybridized carbons (Fsp3) is 0.583. The molecular formula is C12H17NO2. The molecule has 0 bridgehead atoms. The van der Waals surface area contributed by atoms with Gasteiger partial charge in [0.15, 0.2) is 0 Å². The molecule has 2 unspecified atom stereocenters. The van der Waals surface area contributed by atoms with E-state index in [1.54, 1.807) is 0 Å². The number of carboxylic acids is 1. The highest BCUT2D eigenvalue weighted by atomic mass is 16.4. The number of carbonyl (C=O) groups is 1. The lowest BCUT2D eigenvalue weighted by Crippen LogP contribution is -2.24. The number of nitrogens with zero attached hydrogens (tertiary/aromatic N) is 1. The number of hydrogen-bond acceptors (Lipinski definition) is 1. The van der Waals surface area contributed by atoms with Crippen LogP contribution in [0.4, 0.5) is 0 Å². The van der Waals surface area contributed by atoms with Gasteiger partial charge in [-0.25, -0.2) is 0 Å². The van der Waals surface area contributed by atoms with Crippen LogP contribution in [0.2, 0.25) is 0 Å². The molecule has 3 heteroatoms. The van der Waals surface area contributed by atoms with Crippen LogP contribution in [0.15, 0.2) is 24.5 Å². The van der Waals surface area contributed by atoms with Crippen LogP contribution in [0.5, 0.6) is 0 Å². The van der Waals surface area contributed by atoms with Crippen LogP contribution in [0.25, 0.3) is 0 Å². The molecule has 82 valence electrons. The summed E-state index contributed by atoms with van der Waals surface area (Å²) in [6.07, 6.45) is 8.97. The molecule has 1 aromatic rings. The second kappa shape index (κ2) is 4.51. The van der Waals surface area contributed by atoms with E-state index in [-0.39, 0.29) is 0 Å². The molecule has 15 heavy (non-hydrogen) atoms. The van der Waals surface area contributed by atoms with Crippen LogP contribution in [0.1, 0.15) is 38.1 Å². The number of aliphatic carboxylic acids is 1. The van der Waals surface area contributed by atoms with Crippen LogP contribution >= 0.6 is 0 Å². The quantitative estimate of drug-likeness (QED) is 0.828. The van der Waals surface area contributed by atoms with Gasteiger partial charge in [0.1, 0.15) is 0 Å². The fourth-order valence-corrected chi connectivity index (χ4v) is 2.61. The molecule has 1 aliphatic carbocycles. The number of hydrogen-bond donors (Lipinski definition) is 1. The van der Waals surface area contributed by atoms with E-state index in [4.69, 9.17) is 5.11 Å². The molecule has 1 fully saturated rings. The van der Waals surface area contributed by atoms with Crippen molar-refractivity contribution in [2.24, 2.45) is 5.92 Å². The lowest BCUT2D eigenvalue weighted by Gasteiger charge is -2.31. The number of carboxylic acid groups (broad SMARTS) is 1. The predicted molar refractivity (Wildman–Crippen MR) is 57.7 cm³/mol. The maximum absolute atomic E-state index is 10.8. The van der Waals surface area contributed by atoms with Crippen molar-refractivity contribution in [2.45, 2.75) is 38.1 Å². The first-order chi connectivity index (χ1) is 7.27. The van der Waals surface area contributed by atoms with E-state index in [1.807, 2.05) is 24.5 Å². The van der Waals surface area contributed by atoms with Gasteiger partial charge in [0.2, 0.25) is 0 Å². The Morgan fingerprint density at radius 2 is 1.93 bits per heavy atom. The van der Waals surface area contributed by atoms with Gasteiger partial charge in [0.25, 0.3) is 0 Å². The Bertz CT molecular complexity index is 318. The Labute approximate surface area is 89.7 Å². The molecule has 0 spiro atoms. The first kappa shape index (κ1) is 10.3. The number of rotatable bonds is 3. The number of aromatic nitrogens is 1. The molecule has 0 radical (unpaired) electrons. The third kappa shape index (κ3) is 2.41. The third-order valence-corrected chi connectivity index (χ3v) is 3.32. The van der Waals surface area contributed by atoms with Crippen molar-refractivity contribution in [1.82, 2.24) is 4.57 Å². The summed E-state index contributed by atoms with van der Waals surface area (Å²) in [5.41, 5.74) is 0. The van der Waals surface area contributed by atoms with E-state index in [2.05, 4.69) is 4.57 Å². The van der Waals surface area contributed by atoms with Gasteiger partial charge in [-0.2, -0.15) is 0 Å². The molecule has 0 aliphatic heterocycles. The summed E-state index contributed by atoms with van der Waals surface area (Å²) in [4.78, 5) is 10.8. The summed E-state index contributed by atoms with van der Waals surface area (Å²) < 4.78 is 2.17. The molecule has 1 N–H and O–H groups in total. The molecule has 3 nitrogen and oxygen atoms in total. The minimum atomic E-state index is -0.668. The summed E-state index contributed by atoms with van der Waals surface area (Å²) >= 11 is 0. The van der Waals surface area contributed by atoms with Crippen molar-refractivity contribution < 1.29 is 9.90 Å². The Balaban J connectivity index is 2.09. The molecular weight excluding hydrogens is 190 g/mol. The van der Waals surface area contributed by atoms with Crippen molar-refractivity contribution in [3.8, 4) is 0 Å². The van der Waals surface area contributed by atoms with Gasteiger partial charge < -0.3 is 9.67 Å².